The van der Waals surface area contributed by atoms with E-state index in [4.69, 9.17) is 9.31 Å². The normalized spacial score (nSPS) is 30.1. The molecule has 4 nitrogen and oxygen atoms in total. The SMILES string of the molecule is CC1(C)OB(C2=CC3C=CC(=O)N=C3C=C2)OC1(C)C. The number of carbonyl (C=O) groups excluding carboxylic acids is 1. The van der Waals surface area contributed by atoms with Gasteiger partial charge < -0.3 is 9.31 Å². The quantitative estimate of drug-likeness (QED) is 0.687. The molecule has 3 aliphatic rings. The molecule has 0 spiro atoms. The average molecular weight is 271 g/mol. The third-order valence-electron chi connectivity index (χ3n) is 4.37. The predicted molar refractivity (Wildman–Crippen MR) is 78.4 cm³/mol. The summed E-state index contributed by atoms with van der Waals surface area (Å²) in [5.74, 6) is -0.167. The molecule has 0 aromatic rings. The summed E-state index contributed by atoms with van der Waals surface area (Å²) in [5.41, 5.74) is 1.06. The maximum atomic E-state index is 11.2. The smallest absolute Gasteiger partial charge is 0.399 e. The van der Waals surface area contributed by atoms with Crippen molar-refractivity contribution in [2.75, 3.05) is 0 Å². The Labute approximate surface area is 119 Å². The summed E-state index contributed by atoms with van der Waals surface area (Å²) < 4.78 is 12.1. The Morgan fingerprint density at radius 1 is 1.10 bits per heavy atom. The highest BCUT2D eigenvalue weighted by Crippen LogP contribution is 2.39. The van der Waals surface area contributed by atoms with E-state index in [1.165, 1.54) is 6.08 Å². The summed E-state index contributed by atoms with van der Waals surface area (Å²) in [5, 5.41) is 0. The van der Waals surface area contributed by atoms with Crippen molar-refractivity contribution >= 4 is 18.7 Å². The maximum absolute atomic E-state index is 11.2. The number of rotatable bonds is 1. The van der Waals surface area contributed by atoms with E-state index in [0.29, 0.717) is 0 Å². The van der Waals surface area contributed by atoms with Crippen LogP contribution in [0.25, 0.3) is 0 Å². The molecular formula is C15H18BNO3. The first-order valence-electron chi connectivity index (χ1n) is 6.85. The van der Waals surface area contributed by atoms with Crippen molar-refractivity contribution in [1.82, 2.24) is 0 Å². The fourth-order valence-corrected chi connectivity index (χ4v) is 2.39. The minimum absolute atomic E-state index is 0.0340. The molecule has 20 heavy (non-hydrogen) atoms. The van der Waals surface area contributed by atoms with Crippen molar-refractivity contribution in [3.05, 3.63) is 35.9 Å². The molecule has 0 bridgehead atoms. The number of hydrogen-bond donors (Lipinski definition) is 0. The Morgan fingerprint density at radius 2 is 1.75 bits per heavy atom. The van der Waals surface area contributed by atoms with Crippen LogP contribution in [0.3, 0.4) is 0 Å². The molecule has 1 saturated heterocycles. The fourth-order valence-electron chi connectivity index (χ4n) is 2.39. The summed E-state index contributed by atoms with van der Waals surface area (Å²) in [7, 11) is -0.371. The number of nitrogens with zero attached hydrogens (tertiary/aromatic N) is 1. The van der Waals surface area contributed by atoms with Gasteiger partial charge in [-0.25, -0.2) is 4.99 Å². The molecule has 3 rings (SSSR count). The van der Waals surface area contributed by atoms with E-state index < -0.39 is 0 Å². The summed E-state index contributed by atoms with van der Waals surface area (Å²) in [6.07, 6.45) is 9.20. The summed E-state index contributed by atoms with van der Waals surface area (Å²) in [4.78, 5) is 15.2. The molecule has 0 N–H and O–H groups in total. The average Bonchev–Trinajstić information content (AvgIpc) is 2.58. The number of hydrogen-bond acceptors (Lipinski definition) is 3. The topological polar surface area (TPSA) is 47.9 Å². The van der Waals surface area contributed by atoms with Crippen molar-refractivity contribution in [3.63, 3.8) is 0 Å². The number of allylic oxidation sites excluding steroid dienone is 5. The molecular weight excluding hydrogens is 253 g/mol. The molecule has 1 unspecified atom stereocenters. The Balaban J connectivity index is 1.85. The molecule has 1 atom stereocenters. The Hall–Kier alpha value is -1.46. The van der Waals surface area contributed by atoms with Crippen molar-refractivity contribution in [3.8, 4) is 0 Å². The Bertz CT molecular complexity index is 568. The predicted octanol–water partition coefficient (Wildman–Crippen LogP) is 2.27. The molecule has 0 aromatic heterocycles. The number of aliphatic imine (C=N–C) groups is 1. The second kappa shape index (κ2) is 4.27. The van der Waals surface area contributed by atoms with Gasteiger partial charge in [-0.15, -0.1) is 0 Å². The first kappa shape index (κ1) is 13.5. The number of carbonyl (C=O) groups is 1. The van der Waals surface area contributed by atoms with E-state index in [0.717, 1.165) is 11.2 Å². The van der Waals surface area contributed by atoms with Crippen molar-refractivity contribution in [2.45, 2.75) is 38.9 Å². The first-order chi connectivity index (χ1) is 9.28. The molecule has 0 radical (unpaired) electrons. The third kappa shape index (κ3) is 2.11. The lowest BCUT2D eigenvalue weighted by molar-refractivity contribution is -0.113. The lowest BCUT2D eigenvalue weighted by Gasteiger charge is -2.32. The van der Waals surface area contributed by atoms with E-state index in [2.05, 4.69) is 4.99 Å². The van der Waals surface area contributed by atoms with Crippen LogP contribution in [0.1, 0.15) is 27.7 Å². The second-order valence-electron chi connectivity index (χ2n) is 6.35. The van der Waals surface area contributed by atoms with Crippen LogP contribution in [0.4, 0.5) is 0 Å². The van der Waals surface area contributed by atoms with Crippen LogP contribution in [0.5, 0.6) is 0 Å². The van der Waals surface area contributed by atoms with Crippen LogP contribution in [-0.4, -0.2) is 29.9 Å². The molecule has 0 saturated carbocycles. The summed E-state index contributed by atoms with van der Waals surface area (Å²) in [6, 6.07) is 0. The van der Waals surface area contributed by atoms with E-state index in [-0.39, 0.29) is 30.1 Å². The standard InChI is InChI=1S/C15H18BNO3/c1-14(2)15(3,4)20-16(19-14)11-6-7-12-10(9-11)5-8-13(18)17-12/h5-10H,1-4H3. The van der Waals surface area contributed by atoms with Gasteiger partial charge in [0.1, 0.15) is 0 Å². The van der Waals surface area contributed by atoms with Crippen molar-refractivity contribution < 1.29 is 14.1 Å². The minimum atomic E-state index is -0.371. The number of amides is 1. The van der Waals surface area contributed by atoms with E-state index in [9.17, 15) is 4.79 Å². The van der Waals surface area contributed by atoms with Crippen LogP contribution in [-0.2, 0) is 14.1 Å². The number of dihydropyridines is 1. The summed E-state index contributed by atoms with van der Waals surface area (Å²) >= 11 is 0. The highest BCUT2D eigenvalue weighted by Gasteiger charge is 2.52. The zero-order chi connectivity index (χ0) is 14.5. The van der Waals surface area contributed by atoms with Gasteiger partial charge in [0.2, 0.25) is 0 Å². The van der Waals surface area contributed by atoms with Crippen LogP contribution < -0.4 is 0 Å². The molecule has 0 aromatic carbocycles. The van der Waals surface area contributed by atoms with Crippen LogP contribution in [0.15, 0.2) is 40.8 Å². The zero-order valence-electron chi connectivity index (χ0n) is 12.2. The molecule has 5 heteroatoms. The molecule has 104 valence electrons. The number of fused-ring (bicyclic) bond motifs is 1. The van der Waals surface area contributed by atoms with E-state index in [1.807, 2.05) is 52.0 Å². The molecule has 1 aliphatic carbocycles. The Kier molecular flexibility index (Phi) is 2.89. The lowest BCUT2D eigenvalue weighted by Crippen LogP contribution is -2.41. The van der Waals surface area contributed by atoms with Crippen molar-refractivity contribution in [1.29, 1.82) is 0 Å². The van der Waals surface area contributed by atoms with Gasteiger partial charge in [0.25, 0.3) is 5.91 Å². The van der Waals surface area contributed by atoms with Gasteiger partial charge in [0.15, 0.2) is 0 Å². The van der Waals surface area contributed by atoms with Crippen LogP contribution in [0.2, 0.25) is 0 Å². The molecule has 1 amide bonds. The maximum Gasteiger partial charge on any atom is 0.494 e. The highest BCUT2D eigenvalue weighted by molar-refractivity contribution is 6.56. The second-order valence-corrected chi connectivity index (χ2v) is 6.35. The van der Waals surface area contributed by atoms with Gasteiger partial charge in [-0.05, 0) is 39.2 Å². The largest absolute Gasteiger partial charge is 0.494 e. The van der Waals surface area contributed by atoms with Gasteiger partial charge in [-0.2, -0.15) is 0 Å². The highest BCUT2D eigenvalue weighted by atomic mass is 16.7. The van der Waals surface area contributed by atoms with E-state index >= 15 is 0 Å². The first-order valence-corrected chi connectivity index (χ1v) is 6.85. The van der Waals surface area contributed by atoms with Crippen LogP contribution >= 0.6 is 0 Å². The molecule has 2 heterocycles. The Morgan fingerprint density at radius 3 is 2.40 bits per heavy atom. The van der Waals surface area contributed by atoms with Gasteiger partial charge in [-0.3, -0.25) is 4.79 Å². The minimum Gasteiger partial charge on any atom is -0.399 e. The van der Waals surface area contributed by atoms with Gasteiger partial charge >= 0.3 is 7.12 Å². The van der Waals surface area contributed by atoms with Crippen molar-refractivity contribution in [2.24, 2.45) is 10.9 Å². The van der Waals surface area contributed by atoms with Gasteiger partial charge in [-0.1, -0.05) is 18.2 Å². The molecule has 2 aliphatic heterocycles. The molecule has 1 fully saturated rings. The van der Waals surface area contributed by atoms with Gasteiger partial charge in [0, 0.05) is 12.0 Å². The zero-order valence-corrected chi connectivity index (χ0v) is 12.2. The van der Waals surface area contributed by atoms with E-state index in [1.54, 1.807) is 0 Å². The van der Waals surface area contributed by atoms with Gasteiger partial charge in [0.05, 0.1) is 16.9 Å². The van der Waals surface area contributed by atoms with Crippen LogP contribution in [0, 0.1) is 5.92 Å². The third-order valence-corrected chi connectivity index (χ3v) is 4.37. The monoisotopic (exact) mass is 271 g/mol. The lowest BCUT2D eigenvalue weighted by atomic mass is 9.73. The fraction of sp³-hybridized carbons (Fsp3) is 0.467. The summed E-state index contributed by atoms with van der Waals surface area (Å²) in [6.45, 7) is 8.14.